The van der Waals surface area contributed by atoms with E-state index in [0.29, 0.717) is 12.1 Å². The molecular formula is C14H15NO4. The molecule has 100 valence electrons. The molecule has 2 rings (SSSR count). The Morgan fingerprint density at radius 3 is 2.74 bits per heavy atom. The number of esters is 1. The largest absolute Gasteiger partial charge is 0.418 e. The lowest BCUT2D eigenvalue weighted by Gasteiger charge is -2.11. The average Bonchev–Trinajstić information content (AvgIpc) is 2.67. The highest BCUT2D eigenvalue weighted by atomic mass is 16.7. The van der Waals surface area contributed by atoms with Gasteiger partial charge in [-0.2, -0.15) is 0 Å². The van der Waals surface area contributed by atoms with Crippen LogP contribution in [0.4, 0.5) is 4.79 Å². The first-order valence-electron chi connectivity index (χ1n) is 5.94. The third kappa shape index (κ3) is 3.34. The minimum absolute atomic E-state index is 0.370. The van der Waals surface area contributed by atoms with Crippen molar-refractivity contribution >= 4 is 12.1 Å². The number of ether oxygens (including phenoxy) is 2. The molecule has 0 spiro atoms. The Kier molecular flexibility index (Phi) is 3.85. The molecule has 1 N–H and O–H groups in total. The molecule has 1 aliphatic heterocycles. The maximum absolute atomic E-state index is 11.5. The van der Waals surface area contributed by atoms with Gasteiger partial charge in [-0.3, -0.25) is 0 Å². The number of alkyl carbamates (subject to hydrolysis) is 1. The van der Waals surface area contributed by atoms with E-state index in [1.54, 1.807) is 6.92 Å². The molecule has 0 aromatic heterocycles. The number of hydrogen-bond acceptors (Lipinski definition) is 4. The van der Waals surface area contributed by atoms with Crippen LogP contribution in [0.3, 0.4) is 0 Å². The minimum atomic E-state index is -0.927. The number of rotatable bonds is 3. The van der Waals surface area contributed by atoms with Gasteiger partial charge in [-0.05, 0) is 25.0 Å². The summed E-state index contributed by atoms with van der Waals surface area (Å²) >= 11 is 0. The summed E-state index contributed by atoms with van der Waals surface area (Å²) in [5, 5.41) is 2.61. The van der Waals surface area contributed by atoms with Gasteiger partial charge in [0.15, 0.2) is 0 Å². The summed E-state index contributed by atoms with van der Waals surface area (Å²) in [4.78, 5) is 22.6. The molecule has 1 amide bonds. The standard InChI is InChI=1S/C14H15NO4/c1-9-5-3-4-6-11(9)8-15-14(17)19-12-7-10(2)13(16)18-12/h3-7,12H,8H2,1-2H3,(H,15,17). The van der Waals surface area contributed by atoms with Crippen molar-refractivity contribution in [3.05, 3.63) is 47.0 Å². The topological polar surface area (TPSA) is 64.6 Å². The fraction of sp³-hybridized carbons (Fsp3) is 0.286. The Morgan fingerprint density at radius 1 is 1.37 bits per heavy atom. The molecule has 19 heavy (non-hydrogen) atoms. The molecule has 1 atom stereocenters. The van der Waals surface area contributed by atoms with Crippen molar-refractivity contribution in [3.63, 3.8) is 0 Å². The quantitative estimate of drug-likeness (QED) is 0.846. The number of benzene rings is 1. The van der Waals surface area contributed by atoms with Crippen LogP contribution in [-0.4, -0.2) is 18.4 Å². The smallest absolute Gasteiger partial charge is 0.410 e. The SMILES string of the molecule is CC1=CC(OC(=O)NCc2ccccc2C)OC1=O. The molecule has 1 aliphatic rings. The summed E-state index contributed by atoms with van der Waals surface area (Å²) in [6.07, 6.45) is -0.0771. The summed E-state index contributed by atoms with van der Waals surface area (Å²) in [5.41, 5.74) is 2.54. The maximum Gasteiger partial charge on any atom is 0.410 e. The molecule has 0 bridgehead atoms. The second-order valence-corrected chi connectivity index (χ2v) is 4.31. The molecule has 1 aromatic rings. The monoisotopic (exact) mass is 261 g/mol. The molecule has 0 fully saturated rings. The van der Waals surface area contributed by atoms with Crippen molar-refractivity contribution in [2.45, 2.75) is 26.7 Å². The van der Waals surface area contributed by atoms with Gasteiger partial charge < -0.3 is 14.8 Å². The van der Waals surface area contributed by atoms with Gasteiger partial charge in [0.05, 0.1) is 0 Å². The van der Waals surface area contributed by atoms with Gasteiger partial charge in [-0.25, -0.2) is 9.59 Å². The van der Waals surface area contributed by atoms with Crippen molar-refractivity contribution in [3.8, 4) is 0 Å². The summed E-state index contributed by atoms with van der Waals surface area (Å²) in [6.45, 7) is 3.94. The van der Waals surface area contributed by atoms with E-state index >= 15 is 0 Å². The zero-order valence-electron chi connectivity index (χ0n) is 10.8. The van der Waals surface area contributed by atoms with Gasteiger partial charge in [0.1, 0.15) is 0 Å². The van der Waals surface area contributed by atoms with Gasteiger partial charge in [0.2, 0.25) is 0 Å². The van der Waals surface area contributed by atoms with Gasteiger partial charge in [0.25, 0.3) is 6.29 Å². The van der Waals surface area contributed by atoms with Crippen LogP contribution < -0.4 is 5.32 Å². The van der Waals surface area contributed by atoms with Gasteiger partial charge in [0, 0.05) is 18.2 Å². The Bertz CT molecular complexity index is 536. The number of nitrogens with one attached hydrogen (secondary N) is 1. The summed E-state index contributed by atoms with van der Waals surface area (Å²) in [6, 6.07) is 7.73. The number of cyclic esters (lactones) is 1. The molecule has 1 heterocycles. The van der Waals surface area contributed by atoms with E-state index in [1.807, 2.05) is 31.2 Å². The van der Waals surface area contributed by atoms with Crippen LogP contribution in [0.25, 0.3) is 0 Å². The molecule has 0 saturated heterocycles. The Hall–Kier alpha value is -2.30. The number of amides is 1. The van der Waals surface area contributed by atoms with E-state index in [0.717, 1.165) is 11.1 Å². The Balaban J connectivity index is 1.83. The Morgan fingerprint density at radius 2 is 2.11 bits per heavy atom. The van der Waals surface area contributed by atoms with Crippen LogP contribution in [0.1, 0.15) is 18.1 Å². The number of carbonyl (C=O) groups excluding carboxylic acids is 2. The molecule has 0 saturated carbocycles. The molecule has 0 radical (unpaired) electrons. The van der Waals surface area contributed by atoms with Crippen molar-refractivity contribution in [2.75, 3.05) is 0 Å². The zero-order chi connectivity index (χ0) is 13.8. The van der Waals surface area contributed by atoms with Crippen molar-refractivity contribution in [2.24, 2.45) is 0 Å². The molecular weight excluding hydrogens is 246 g/mol. The normalized spacial score (nSPS) is 17.7. The van der Waals surface area contributed by atoms with Crippen LogP contribution in [-0.2, 0) is 20.8 Å². The number of hydrogen-bond donors (Lipinski definition) is 1. The van der Waals surface area contributed by atoms with E-state index in [2.05, 4.69) is 5.32 Å². The molecule has 1 aromatic carbocycles. The van der Waals surface area contributed by atoms with Crippen molar-refractivity contribution in [1.29, 1.82) is 0 Å². The lowest BCUT2D eigenvalue weighted by molar-refractivity contribution is -0.151. The van der Waals surface area contributed by atoms with Crippen LogP contribution in [0.15, 0.2) is 35.9 Å². The van der Waals surface area contributed by atoms with Crippen LogP contribution in [0.2, 0.25) is 0 Å². The van der Waals surface area contributed by atoms with E-state index < -0.39 is 18.4 Å². The van der Waals surface area contributed by atoms with Gasteiger partial charge in [-0.1, -0.05) is 24.3 Å². The van der Waals surface area contributed by atoms with Gasteiger partial charge in [-0.15, -0.1) is 0 Å². The lowest BCUT2D eigenvalue weighted by Crippen LogP contribution is -2.28. The van der Waals surface area contributed by atoms with Crippen LogP contribution in [0, 0.1) is 6.92 Å². The summed E-state index contributed by atoms with van der Waals surface area (Å²) < 4.78 is 9.75. The van der Waals surface area contributed by atoms with E-state index in [9.17, 15) is 9.59 Å². The highest BCUT2D eigenvalue weighted by Crippen LogP contribution is 2.14. The highest BCUT2D eigenvalue weighted by molar-refractivity contribution is 5.90. The van der Waals surface area contributed by atoms with E-state index in [4.69, 9.17) is 9.47 Å². The predicted octanol–water partition coefficient (Wildman–Crippen LogP) is 2.05. The summed E-state index contributed by atoms with van der Waals surface area (Å²) in [5.74, 6) is -0.461. The zero-order valence-corrected chi connectivity index (χ0v) is 10.8. The highest BCUT2D eigenvalue weighted by Gasteiger charge is 2.25. The maximum atomic E-state index is 11.5. The fourth-order valence-corrected chi connectivity index (χ4v) is 1.69. The first kappa shape index (κ1) is 13.1. The van der Waals surface area contributed by atoms with Crippen molar-refractivity contribution < 1.29 is 19.1 Å². The average molecular weight is 261 g/mol. The first-order valence-corrected chi connectivity index (χ1v) is 5.94. The van der Waals surface area contributed by atoms with Gasteiger partial charge >= 0.3 is 12.1 Å². The van der Waals surface area contributed by atoms with Crippen molar-refractivity contribution in [1.82, 2.24) is 5.32 Å². The lowest BCUT2D eigenvalue weighted by atomic mass is 10.1. The number of carbonyl (C=O) groups is 2. The van der Waals surface area contributed by atoms with Crippen LogP contribution in [0.5, 0.6) is 0 Å². The van der Waals surface area contributed by atoms with Crippen LogP contribution >= 0.6 is 0 Å². The Labute approximate surface area is 111 Å². The second-order valence-electron chi connectivity index (χ2n) is 4.31. The minimum Gasteiger partial charge on any atom is -0.418 e. The third-order valence-corrected chi connectivity index (χ3v) is 2.84. The first-order chi connectivity index (χ1) is 9.06. The third-order valence-electron chi connectivity index (χ3n) is 2.84. The molecule has 0 aliphatic carbocycles. The fourth-order valence-electron chi connectivity index (χ4n) is 1.69. The van der Waals surface area contributed by atoms with E-state index in [1.165, 1.54) is 6.08 Å². The van der Waals surface area contributed by atoms with E-state index in [-0.39, 0.29) is 0 Å². The summed E-state index contributed by atoms with van der Waals surface area (Å²) in [7, 11) is 0. The second kappa shape index (κ2) is 5.56. The molecule has 5 heteroatoms. The number of aryl methyl sites for hydroxylation is 1. The predicted molar refractivity (Wildman–Crippen MR) is 68.1 cm³/mol. The molecule has 5 nitrogen and oxygen atoms in total. The molecule has 1 unspecified atom stereocenters.